The van der Waals surface area contributed by atoms with Gasteiger partial charge < -0.3 is 10.1 Å². The molecule has 7 heteroatoms. The molecule has 0 aliphatic carbocycles. The van der Waals surface area contributed by atoms with Gasteiger partial charge in [-0.15, -0.1) is 0 Å². The third kappa shape index (κ3) is 6.42. The van der Waals surface area contributed by atoms with Gasteiger partial charge in [-0.1, -0.05) is 48.5 Å². The van der Waals surface area contributed by atoms with E-state index in [2.05, 4.69) is 10.0 Å². The SMILES string of the molecule is CCOc1ccc(S(=O)(=O)N[C@@H](C)CCc2ccccc2)cc1NC(=O)c1ccccc1. The number of carbonyl (C=O) groups excluding carboxylic acids is 1. The second kappa shape index (κ2) is 10.9. The van der Waals surface area contributed by atoms with E-state index in [0.29, 0.717) is 30.0 Å². The minimum atomic E-state index is -3.78. The largest absolute Gasteiger partial charge is 0.492 e. The van der Waals surface area contributed by atoms with E-state index in [1.165, 1.54) is 12.1 Å². The van der Waals surface area contributed by atoms with Crippen molar-refractivity contribution < 1.29 is 17.9 Å². The second-order valence-corrected chi connectivity index (χ2v) is 9.17. The van der Waals surface area contributed by atoms with Crippen molar-refractivity contribution in [2.75, 3.05) is 11.9 Å². The molecule has 0 fully saturated rings. The third-order valence-corrected chi connectivity index (χ3v) is 6.50. The Labute approximate surface area is 189 Å². The first-order chi connectivity index (χ1) is 15.4. The molecule has 0 bridgehead atoms. The maximum absolute atomic E-state index is 13.0. The van der Waals surface area contributed by atoms with Crippen LogP contribution >= 0.6 is 0 Å². The van der Waals surface area contributed by atoms with Crippen LogP contribution in [0.1, 0.15) is 36.2 Å². The Hall–Kier alpha value is -3.16. The number of sulfonamides is 1. The van der Waals surface area contributed by atoms with Crippen LogP contribution in [0.5, 0.6) is 5.75 Å². The number of aryl methyl sites for hydroxylation is 1. The van der Waals surface area contributed by atoms with Crippen LogP contribution in [-0.4, -0.2) is 27.0 Å². The first-order valence-corrected chi connectivity index (χ1v) is 12.1. The smallest absolute Gasteiger partial charge is 0.255 e. The molecule has 1 atom stereocenters. The number of hydrogen-bond donors (Lipinski definition) is 2. The predicted octanol–water partition coefficient (Wildman–Crippen LogP) is 4.64. The van der Waals surface area contributed by atoms with E-state index in [1.54, 1.807) is 30.3 Å². The molecule has 168 valence electrons. The molecule has 0 aliphatic heterocycles. The first-order valence-electron chi connectivity index (χ1n) is 10.6. The number of amides is 1. The molecular formula is C25H28N2O4S. The van der Waals surface area contributed by atoms with Crippen molar-refractivity contribution in [1.82, 2.24) is 4.72 Å². The molecule has 0 unspecified atom stereocenters. The van der Waals surface area contributed by atoms with Gasteiger partial charge in [0.25, 0.3) is 5.91 Å². The molecule has 0 spiro atoms. The maximum Gasteiger partial charge on any atom is 0.255 e. The number of carbonyl (C=O) groups is 1. The fourth-order valence-corrected chi connectivity index (χ4v) is 4.56. The summed E-state index contributed by atoms with van der Waals surface area (Å²) in [6.45, 7) is 4.05. The van der Waals surface area contributed by atoms with Crippen LogP contribution in [-0.2, 0) is 16.4 Å². The zero-order chi connectivity index (χ0) is 23.0. The normalized spacial score (nSPS) is 12.2. The average Bonchev–Trinajstić information content (AvgIpc) is 2.80. The quantitative estimate of drug-likeness (QED) is 0.469. The summed E-state index contributed by atoms with van der Waals surface area (Å²) < 4.78 is 34.2. The van der Waals surface area contributed by atoms with Gasteiger partial charge in [0.2, 0.25) is 10.0 Å². The molecule has 3 rings (SSSR count). The van der Waals surface area contributed by atoms with E-state index in [4.69, 9.17) is 4.74 Å². The first kappa shape index (κ1) is 23.5. The Morgan fingerprint density at radius 3 is 2.28 bits per heavy atom. The number of hydrogen-bond acceptors (Lipinski definition) is 4. The zero-order valence-corrected chi connectivity index (χ0v) is 19.1. The van der Waals surface area contributed by atoms with E-state index < -0.39 is 10.0 Å². The Morgan fingerprint density at radius 1 is 0.969 bits per heavy atom. The molecule has 3 aromatic rings. The summed E-state index contributed by atoms with van der Waals surface area (Å²) in [6, 6.07) is 22.9. The van der Waals surface area contributed by atoms with Gasteiger partial charge in [0.1, 0.15) is 5.75 Å². The summed E-state index contributed by atoms with van der Waals surface area (Å²) in [5.74, 6) is 0.0677. The van der Waals surface area contributed by atoms with Crippen molar-refractivity contribution in [2.24, 2.45) is 0 Å². The molecule has 0 radical (unpaired) electrons. The molecule has 0 aliphatic rings. The van der Waals surface area contributed by atoms with E-state index in [0.717, 1.165) is 12.0 Å². The molecule has 0 saturated heterocycles. The maximum atomic E-state index is 13.0. The van der Waals surface area contributed by atoms with Gasteiger partial charge in [0, 0.05) is 11.6 Å². The molecular weight excluding hydrogens is 424 g/mol. The minimum Gasteiger partial charge on any atom is -0.492 e. The van der Waals surface area contributed by atoms with Crippen LogP contribution in [0.3, 0.4) is 0 Å². The molecule has 3 aromatic carbocycles. The lowest BCUT2D eigenvalue weighted by Crippen LogP contribution is -2.33. The third-order valence-electron chi connectivity index (χ3n) is 4.91. The summed E-state index contributed by atoms with van der Waals surface area (Å²) in [4.78, 5) is 12.7. The van der Waals surface area contributed by atoms with Gasteiger partial charge in [-0.3, -0.25) is 4.79 Å². The summed E-state index contributed by atoms with van der Waals surface area (Å²) in [7, 11) is -3.78. The van der Waals surface area contributed by atoms with Gasteiger partial charge in [-0.2, -0.15) is 0 Å². The summed E-state index contributed by atoms with van der Waals surface area (Å²) >= 11 is 0. The second-order valence-electron chi connectivity index (χ2n) is 7.46. The number of ether oxygens (including phenoxy) is 1. The van der Waals surface area contributed by atoms with Crippen molar-refractivity contribution in [3.05, 3.63) is 90.0 Å². The minimum absolute atomic E-state index is 0.0656. The van der Waals surface area contributed by atoms with Gasteiger partial charge >= 0.3 is 0 Å². The highest BCUT2D eigenvalue weighted by Crippen LogP contribution is 2.28. The zero-order valence-electron chi connectivity index (χ0n) is 18.2. The van der Waals surface area contributed by atoms with Crippen LogP contribution in [0.2, 0.25) is 0 Å². The fourth-order valence-electron chi connectivity index (χ4n) is 3.26. The highest BCUT2D eigenvalue weighted by atomic mass is 32.2. The van der Waals surface area contributed by atoms with Crippen LogP contribution in [0.15, 0.2) is 83.8 Å². The Kier molecular flexibility index (Phi) is 8.03. The molecule has 6 nitrogen and oxygen atoms in total. The van der Waals surface area contributed by atoms with Gasteiger partial charge in [-0.25, -0.2) is 13.1 Å². The van der Waals surface area contributed by atoms with Crippen LogP contribution in [0.25, 0.3) is 0 Å². The highest BCUT2D eigenvalue weighted by Gasteiger charge is 2.20. The Balaban J connectivity index is 1.75. The average molecular weight is 453 g/mol. The molecule has 2 N–H and O–H groups in total. The topological polar surface area (TPSA) is 84.5 Å². The van der Waals surface area contributed by atoms with Crippen molar-refractivity contribution in [3.63, 3.8) is 0 Å². The van der Waals surface area contributed by atoms with Crippen molar-refractivity contribution in [2.45, 2.75) is 37.6 Å². The summed E-state index contributed by atoms with van der Waals surface area (Å²) in [6.07, 6.45) is 1.43. The monoisotopic (exact) mass is 452 g/mol. The lowest BCUT2D eigenvalue weighted by Gasteiger charge is -2.17. The fraction of sp³-hybridized carbons (Fsp3) is 0.240. The predicted molar refractivity (Wildman–Crippen MR) is 127 cm³/mol. The number of nitrogens with one attached hydrogen (secondary N) is 2. The van der Waals surface area contributed by atoms with E-state index in [1.807, 2.05) is 50.2 Å². The van der Waals surface area contributed by atoms with Gasteiger partial charge in [0.15, 0.2) is 0 Å². The van der Waals surface area contributed by atoms with Crippen molar-refractivity contribution in [1.29, 1.82) is 0 Å². The lowest BCUT2D eigenvalue weighted by molar-refractivity contribution is 0.102. The lowest BCUT2D eigenvalue weighted by atomic mass is 10.1. The number of anilines is 1. The Bertz CT molecular complexity index is 1130. The summed E-state index contributed by atoms with van der Waals surface area (Å²) in [5, 5.41) is 2.77. The van der Waals surface area contributed by atoms with Crippen LogP contribution in [0.4, 0.5) is 5.69 Å². The van der Waals surface area contributed by atoms with Gasteiger partial charge in [0.05, 0.1) is 17.2 Å². The molecule has 1 amide bonds. The standard InChI is InChI=1S/C25H28N2O4S/c1-3-31-24-17-16-22(18-23(24)26-25(28)21-12-8-5-9-13-21)32(29,30)27-19(2)14-15-20-10-6-4-7-11-20/h4-13,16-19,27H,3,14-15H2,1-2H3,(H,26,28)/t19-/m0/s1. The van der Waals surface area contributed by atoms with Gasteiger partial charge in [-0.05, 0) is 62.6 Å². The number of rotatable bonds is 10. The van der Waals surface area contributed by atoms with Crippen molar-refractivity contribution in [3.8, 4) is 5.75 Å². The van der Waals surface area contributed by atoms with E-state index in [-0.39, 0.29) is 16.8 Å². The van der Waals surface area contributed by atoms with Crippen molar-refractivity contribution >= 4 is 21.6 Å². The van der Waals surface area contributed by atoms with E-state index in [9.17, 15) is 13.2 Å². The molecule has 32 heavy (non-hydrogen) atoms. The van der Waals surface area contributed by atoms with E-state index >= 15 is 0 Å². The highest BCUT2D eigenvalue weighted by molar-refractivity contribution is 7.89. The molecule has 0 aromatic heterocycles. The van der Waals surface area contributed by atoms with Crippen LogP contribution in [0, 0.1) is 0 Å². The van der Waals surface area contributed by atoms with Crippen LogP contribution < -0.4 is 14.8 Å². The molecule has 0 heterocycles. The Morgan fingerprint density at radius 2 is 1.62 bits per heavy atom. The number of benzene rings is 3. The summed E-state index contributed by atoms with van der Waals surface area (Å²) in [5.41, 5.74) is 1.93. The molecule has 0 saturated carbocycles.